The van der Waals surface area contributed by atoms with Crippen LogP contribution < -0.4 is 10.4 Å². The molecule has 2 aliphatic heterocycles. The molecule has 7 heteroatoms. The van der Waals surface area contributed by atoms with Gasteiger partial charge in [-0.05, 0) is 103 Å². The van der Waals surface area contributed by atoms with Crippen molar-refractivity contribution in [3.63, 3.8) is 0 Å². The minimum absolute atomic E-state index is 0.00337. The maximum Gasteiger partial charge on any atom is 0.282 e. The lowest BCUT2D eigenvalue weighted by Gasteiger charge is -2.30. The molecule has 0 N–H and O–H groups in total. The number of rotatable bonds is 16. The third kappa shape index (κ3) is 13.1. The number of halogens is 1. The first-order valence-corrected chi connectivity index (χ1v) is 22.8. The molecule has 2 aromatic carbocycles. The van der Waals surface area contributed by atoms with Gasteiger partial charge in [0.15, 0.2) is 12.6 Å². The highest BCUT2D eigenvalue weighted by atomic mass is 28.4. The molecule has 0 radical (unpaired) electrons. The van der Waals surface area contributed by atoms with E-state index >= 15 is 4.11 Å². The molecule has 0 bridgehead atoms. The Kier molecular flexibility index (Phi) is 17.9. The van der Waals surface area contributed by atoms with Crippen LogP contribution in [0, 0.1) is 0 Å². The highest BCUT2D eigenvalue weighted by molar-refractivity contribution is 6.88. The van der Waals surface area contributed by atoms with Crippen molar-refractivity contribution in [2.24, 2.45) is 0 Å². The van der Waals surface area contributed by atoms with Crippen LogP contribution in [0.15, 0.2) is 48.5 Å². The molecule has 2 aliphatic rings. The number of aryl methyl sites for hydroxylation is 2. The number of hydrogen-bond donors (Lipinski definition) is 0. The van der Waals surface area contributed by atoms with Crippen molar-refractivity contribution in [1.82, 2.24) is 0 Å². The van der Waals surface area contributed by atoms with E-state index < -0.39 is 17.2 Å². The lowest BCUT2D eigenvalue weighted by atomic mass is 10.1. The van der Waals surface area contributed by atoms with Crippen LogP contribution in [-0.2, 0) is 31.8 Å². The molecule has 2 unspecified atom stereocenters. The van der Waals surface area contributed by atoms with Crippen LogP contribution in [0.1, 0.15) is 118 Å². The van der Waals surface area contributed by atoms with Crippen molar-refractivity contribution in [3.8, 4) is 0 Å². The van der Waals surface area contributed by atoms with E-state index in [-0.39, 0.29) is 23.7 Å². The molecule has 0 amide bonds. The summed E-state index contributed by atoms with van der Waals surface area (Å²) < 4.78 is 38.3. The highest BCUT2D eigenvalue weighted by Gasteiger charge is 2.43. The third-order valence-electron chi connectivity index (χ3n) is 9.98. The second kappa shape index (κ2) is 21.0. The molecule has 0 aromatic heterocycles. The van der Waals surface area contributed by atoms with E-state index in [2.05, 4.69) is 64.1 Å². The van der Waals surface area contributed by atoms with Crippen LogP contribution in [0.2, 0.25) is 22.2 Å². The van der Waals surface area contributed by atoms with Crippen molar-refractivity contribution in [3.05, 3.63) is 59.7 Å². The van der Waals surface area contributed by atoms with Crippen LogP contribution in [-0.4, -0.2) is 56.2 Å². The Morgan fingerprint density at radius 2 is 1.09 bits per heavy atom. The molecule has 0 spiro atoms. The summed E-state index contributed by atoms with van der Waals surface area (Å²) in [5.74, 6) is 0. The Morgan fingerprint density at radius 1 is 0.660 bits per heavy atom. The first-order chi connectivity index (χ1) is 22.5. The lowest BCUT2D eigenvalue weighted by molar-refractivity contribution is -0.162. The van der Waals surface area contributed by atoms with Gasteiger partial charge in [-0.1, -0.05) is 109 Å². The van der Waals surface area contributed by atoms with Gasteiger partial charge in [0.05, 0.1) is 22.0 Å². The summed E-state index contributed by atoms with van der Waals surface area (Å²) in [5, 5.41) is 2.55. The number of benzene rings is 2. The Hall–Kier alpha value is -1.36. The Balaban J connectivity index is 0.000000256. The summed E-state index contributed by atoms with van der Waals surface area (Å²) in [6.45, 7) is 20.8. The fraction of sp³-hybridized carbons (Fsp3) is 0.700. The molecular formula is C40H67FO4Si2. The first kappa shape index (κ1) is 40.1. The van der Waals surface area contributed by atoms with E-state index in [0.717, 1.165) is 87.6 Å². The van der Waals surface area contributed by atoms with Gasteiger partial charge >= 0.3 is 0 Å². The quantitative estimate of drug-likeness (QED) is 0.100. The predicted molar refractivity (Wildman–Crippen MR) is 202 cm³/mol. The zero-order valence-electron chi connectivity index (χ0n) is 31.1. The first-order valence-electron chi connectivity index (χ1n) is 18.9. The average molecular weight is 687 g/mol. The van der Waals surface area contributed by atoms with Crippen molar-refractivity contribution < 1.29 is 23.1 Å². The molecule has 2 saturated heterocycles. The zero-order chi connectivity index (χ0) is 34.2. The smallest absolute Gasteiger partial charge is 0.282 e. The second-order valence-corrected chi connectivity index (χ2v) is 23.9. The molecule has 47 heavy (non-hydrogen) atoms. The van der Waals surface area contributed by atoms with Crippen molar-refractivity contribution in [1.29, 1.82) is 0 Å². The summed E-state index contributed by atoms with van der Waals surface area (Å²) in [4.78, 5) is 0. The van der Waals surface area contributed by atoms with Gasteiger partial charge in [0, 0.05) is 13.2 Å². The molecule has 2 fully saturated rings. The van der Waals surface area contributed by atoms with Crippen LogP contribution in [0.25, 0.3) is 0 Å². The maximum absolute atomic E-state index is 15.5. The summed E-state index contributed by atoms with van der Waals surface area (Å²) in [6, 6.07) is 17.7. The fourth-order valence-electron chi connectivity index (χ4n) is 7.37. The minimum Gasteiger partial charge on any atom is -0.353 e. The van der Waals surface area contributed by atoms with Gasteiger partial charge in [-0.2, -0.15) is 0 Å². The van der Waals surface area contributed by atoms with E-state index in [1.807, 2.05) is 39.8 Å². The molecule has 0 aliphatic carbocycles. The number of ether oxygens (including phenoxy) is 4. The van der Waals surface area contributed by atoms with Gasteiger partial charge in [-0.25, -0.2) is 0 Å². The van der Waals surface area contributed by atoms with Gasteiger partial charge in [0.1, 0.15) is 0 Å². The predicted octanol–water partition coefficient (Wildman–Crippen LogP) is 9.52. The van der Waals surface area contributed by atoms with Gasteiger partial charge in [0.2, 0.25) is 0 Å². The standard InChI is InChI=1S/C20H33FO2Si.C20H34O2Si/c1-16(2)24(21,17(3)4)19-12-10-18(11-13-19)8-7-15-23-20-9-5-6-14-22-20;1-16(2)23(17(3)4)19-12-10-18(11-13-19)8-7-15-22-20-9-5-6-14-21-20/h10-13,16-17,20H,5-9,14-15H2,1-4H3;10-13,16-17,20,23H,5-9,14-15H2,1-4H3. The van der Waals surface area contributed by atoms with Crippen LogP contribution in [0.4, 0.5) is 4.11 Å². The topological polar surface area (TPSA) is 36.9 Å². The molecule has 0 saturated carbocycles. The highest BCUT2D eigenvalue weighted by Crippen LogP contribution is 2.33. The van der Waals surface area contributed by atoms with E-state index in [9.17, 15) is 0 Å². The Bertz CT molecular complexity index is 1080. The van der Waals surface area contributed by atoms with Crippen LogP contribution >= 0.6 is 0 Å². The molecule has 2 atom stereocenters. The van der Waals surface area contributed by atoms with Gasteiger partial charge < -0.3 is 23.1 Å². The fourth-order valence-corrected chi connectivity index (χ4v) is 14.4. The zero-order valence-corrected chi connectivity index (χ0v) is 33.2. The van der Waals surface area contributed by atoms with Crippen molar-refractivity contribution in [2.75, 3.05) is 26.4 Å². The normalized spacial score (nSPS) is 19.1. The molecular weight excluding hydrogens is 620 g/mol. The van der Waals surface area contributed by atoms with Crippen LogP contribution in [0.5, 0.6) is 0 Å². The minimum atomic E-state index is -2.91. The van der Waals surface area contributed by atoms with Crippen molar-refractivity contribution in [2.45, 2.75) is 154 Å². The van der Waals surface area contributed by atoms with Gasteiger partial charge in [-0.15, -0.1) is 0 Å². The third-order valence-corrected chi connectivity index (χ3v) is 18.6. The molecule has 4 nitrogen and oxygen atoms in total. The van der Waals surface area contributed by atoms with Crippen LogP contribution in [0.3, 0.4) is 0 Å². The largest absolute Gasteiger partial charge is 0.353 e. The molecule has 4 rings (SSSR count). The van der Waals surface area contributed by atoms with E-state index in [0.29, 0.717) is 0 Å². The Morgan fingerprint density at radius 3 is 1.45 bits per heavy atom. The van der Waals surface area contributed by atoms with Gasteiger partial charge in [0.25, 0.3) is 8.41 Å². The number of hydrogen-bond acceptors (Lipinski definition) is 4. The molecule has 2 heterocycles. The average Bonchev–Trinajstić information content (AvgIpc) is 3.06. The molecule has 266 valence electrons. The summed E-state index contributed by atoms with van der Waals surface area (Å²) in [7, 11) is -3.76. The second-order valence-electron chi connectivity index (χ2n) is 15.1. The summed E-state index contributed by atoms with van der Waals surface area (Å²) in [6.07, 6.45) is 11.0. The maximum atomic E-state index is 15.5. The van der Waals surface area contributed by atoms with E-state index in [1.54, 1.807) is 5.19 Å². The van der Waals surface area contributed by atoms with E-state index in [4.69, 9.17) is 18.9 Å². The lowest BCUT2D eigenvalue weighted by Crippen LogP contribution is -2.49. The monoisotopic (exact) mass is 686 g/mol. The van der Waals surface area contributed by atoms with Gasteiger partial charge in [-0.3, -0.25) is 0 Å². The molecule has 2 aromatic rings. The summed E-state index contributed by atoms with van der Waals surface area (Å²) >= 11 is 0. The Labute approximate surface area is 290 Å². The SMILES string of the molecule is CC(C)[SiH](c1ccc(CCCOC2CCCCO2)cc1)C(C)C.CC(C)[Si](F)(c1ccc(CCCOC2CCCCO2)cc1)C(C)C. The van der Waals surface area contributed by atoms with E-state index in [1.165, 1.54) is 30.4 Å². The van der Waals surface area contributed by atoms with Crippen molar-refractivity contribution >= 4 is 27.6 Å². The summed E-state index contributed by atoms with van der Waals surface area (Å²) in [5.41, 5.74) is 4.55.